The molecule has 24 heteroatoms. The van der Waals surface area contributed by atoms with Gasteiger partial charge in [0, 0.05) is 49.9 Å². The van der Waals surface area contributed by atoms with E-state index in [1.165, 1.54) is 25.3 Å². The Hall–Kier alpha value is -4.19. The number of ether oxygens (including phenoxy) is 5. The molecule has 6 amide bonds. The van der Waals surface area contributed by atoms with E-state index in [-0.39, 0.29) is 78.7 Å². The van der Waals surface area contributed by atoms with Crippen LogP contribution in [0, 0.1) is 34.5 Å². The van der Waals surface area contributed by atoms with Gasteiger partial charge in [0.05, 0.1) is 65.6 Å². The van der Waals surface area contributed by atoms with Gasteiger partial charge in [0.25, 0.3) is 0 Å². The van der Waals surface area contributed by atoms with Crippen molar-refractivity contribution in [2.24, 2.45) is 46.1 Å². The van der Waals surface area contributed by atoms with Gasteiger partial charge < -0.3 is 70.6 Å². The second-order valence-electron chi connectivity index (χ2n) is 19.4. The second-order valence-corrected chi connectivity index (χ2v) is 20.9. The van der Waals surface area contributed by atoms with Gasteiger partial charge in [0.2, 0.25) is 23.5 Å². The molecule has 4 rings (SSSR count). The summed E-state index contributed by atoms with van der Waals surface area (Å²) >= 11 is 0. The number of carbonyl (C=O) groups excluding carboxylic acids is 7. The number of nitrogens with two attached hydrogens (primary N) is 2. The van der Waals surface area contributed by atoms with Gasteiger partial charge in [-0.1, -0.05) is 47.9 Å². The minimum Gasteiger partial charge on any atom is -0.441 e. The minimum absolute atomic E-state index is 0.0448. The summed E-state index contributed by atoms with van der Waals surface area (Å²) in [5.74, 6) is -1.14. The Labute approximate surface area is 416 Å². The number of aliphatic hydroxyl groups is 2. The van der Waals surface area contributed by atoms with Crippen molar-refractivity contribution in [3.05, 3.63) is 23.8 Å². The summed E-state index contributed by atoms with van der Waals surface area (Å²) in [5, 5.41) is 34.5. The van der Waals surface area contributed by atoms with Crippen LogP contribution in [-0.2, 0) is 52.5 Å². The molecule has 22 nitrogen and oxygen atoms in total. The average Bonchev–Trinajstić information content (AvgIpc) is 3.52. The molecular formula is C47H77FN7O15P. The van der Waals surface area contributed by atoms with E-state index in [4.69, 9.17) is 35.3 Å². The number of Topliss-reactive ketones (excluding diaryl/α,β-unsaturated/α-hetero) is 1. The number of amides is 6. The molecule has 0 aromatic rings. The molecule has 0 aromatic heterocycles. The Morgan fingerprint density at radius 2 is 1.54 bits per heavy atom. The van der Waals surface area contributed by atoms with E-state index in [0.717, 1.165) is 4.90 Å². The Bertz CT molecular complexity index is 1930. The lowest BCUT2D eigenvalue weighted by atomic mass is 9.44. The summed E-state index contributed by atoms with van der Waals surface area (Å²) in [4.78, 5) is 96.0. The van der Waals surface area contributed by atoms with Crippen LogP contribution in [0.1, 0.15) is 66.7 Å². The first-order valence-corrected chi connectivity index (χ1v) is 25.6. The molecule has 402 valence electrons. The van der Waals surface area contributed by atoms with Gasteiger partial charge in [-0.15, -0.1) is 0 Å². The molecule has 10 N–H and O–H groups in total. The van der Waals surface area contributed by atoms with Crippen molar-refractivity contribution < 1.29 is 76.7 Å². The maximum absolute atomic E-state index is 17.6. The monoisotopic (exact) mass is 1030 g/mol. The third-order valence-electron chi connectivity index (χ3n) is 14.6. The van der Waals surface area contributed by atoms with E-state index in [1.807, 2.05) is 0 Å². The van der Waals surface area contributed by atoms with Gasteiger partial charge in [0.15, 0.2) is 18.1 Å². The molecule has 0 aromatic carbocycles. The van der Waals surface area contributed by atoms with Crippen molar-refractivity contribution in [1.82, 2.24) is 26.2 Å². The van der Waals surface area contributed by atoms with Crippen LogP contribution in [0.5, 0.6) is 0 Å². The number of carbonyl (C=O) groups is 7. The van der Waals surface area contributed by atoms with E-state index in [2.05, 4.69) is 26.1 Å². The predicted octanol–water partition coefficient (Wildman–Crippen LogP) is 0.365. The highest BCUT2D eigenvalue weighted by atomic mass is 31.1. The number of rotatable bonds is 30. The maximum atomic E-state index is 17.6. The van der Waals surface area contributed by atoms with E-state index in [0.29, 0.717) is 64.5 Å². The summed E-state index contributed by atoms with van der Waals surface area (Å²) in [7, 11) is 1.14. The molecular weight excluding hydrogens is 953 g/mol. The van der Waals surface area contributed by atoms with Crippen molar-refractivity contribution in [2.75, 3.05) is 98.9 Å². The zero-order chi connectivity index (χ0) is 52.6. The normalized spacial score (nSPS) is 28.5. The van der Waals surface area contributed by atoms with E-state index >= 15 is 4.39 Å². The number of aliphatic hydroxyl groups excluding tert-OH is 1. The number of nitrogens with one attached hydrogen (secondary N) is 4. The van der Waals surface area contributed by atoms with Gasteiger partial charge in [-0.3, -0.25) is 24.0 Å². The number of likely N-dealkylation sites (N-methyl/N-ethyl adjacent to an activating group) is 1. The van der Waals surface area contributed by atoms with Crippen LogP contribution in [0.25, 0.3) is 0 Å². The largest absolute Gasteiger partial charge is 0.441 e. The summed E-state index contributed by atoms with van der Waals surface area (Å²) in [6.45, 7) is 10.4. The number of fused-ring (bicyclic) bond motifs is 5. The summed E-state index contributed by atoms with van der Waals surface area (Å²) in [5.41, 5.74) is -0.909. The molecule has 3 saturated carbocycles. The fourth-order valence-corrected chi connectivity index (χ4v) is 11.8. The zero-order valence-corrected chi connectivity index (χ0v) is 42.9. The average molecular weight is 1030 g/mol. The molecule has 4 aliphatic rings. The number of allylic oxidation sites excluding steroid dienone is 4. The molecule has 4 aliphatic carbocycles. The highest BCUT2D eigenvalue weighted by molar-refractivity contribution is 7.40. The zero-order valence-electron chi connectivity index (χ0n) is 41.9. The first-order valence-electron chi connectivity index (χ1n) is 24.3. The molecule has 0 radical (unpaired) electrons. The number of alkyl halides is 1. The molecule has 0 spiro atoms. The van der Waals surface area contributed by atoms with Gasteiger partial charge in [-0.25, -0.2) is 19.9 Å². The SMILES string of the molecule is CC(C)[C@H](NC(=O)CCOCCOCCOCCOCCON)C(=O)N[C@@H](PCCNC(N)=O)C(=O)NCCN(C)C(=O)OCC(=O)[C@@]1(O)[C@H](C)C[C@H]2C3CCC4=CC(=O)C=C[C@]4(C)[C@@]3(F)[C@@H](O)C[C@@]21C. The molecule has 3 fully saturated rings. The van der Waals surface area contributed by atoms with Crippen molar-refractivity contribution in [2.45, 2.75) is 95.9 Å². The van der Waals surface area contributed by atoms with Crippen LogP contribution in [0.3, 0.4) is 0 Å². The number of ketones is 2. The minimum atomic E-state index is -2.15. The summed E-state index contributed by atoms with van der Waals surface area (Å²) < 4.78 is 44.5. The molecule has 0 aliphatic heterocycles. The Kier molecular flexibility index (Phi) is 22.7. The Morgan fingerprint density at radius 1 is 0.915 bits per heavy atom. The number of halogens is 1. The molecule has 0 heterocycles. The van der Waals surface area contributed by atoms with Crippen LogP contribution in [0.15, 0.2) is 23.8 Å². The lowest BCUT2D eigenvalue weighted by molar-refractivity contribution is -0.219. The van der Waals surface area contributed by atoms with E-state index < -0.39 is 100 Å². The Balaban J connectivity index is 1.24. The second kappa shape index (κ2) is 27.2. The number of primary amides is 1. The third-order valence-corrected chi connectivity index (χ3v) is 15.9. The lowest BCUT2D eigenvalue weighted by Gasteiger charge is -2.62. The van der Waals surface area contributed by atoms with Crippen molar-refractivity contribution in [1.29, 1.82) is 0 Å². The number of hydrogen-bond donors (Lipinski definition) is 8. The van der Waals surface area contributed by atoms with Gasteiger partial charge in [-0.2, -0.15) is 0 Å². The predicted molar refractivity (Wildman–Crippen MR) is 257 cm³/mol. The van der Waals surface area contributed by atoms with Gasteiger partial charge >= 0.3 is 12.1 Å². The van der Waals surface area contributed by atoms with Crippen LogP contribution in [0.4, 0.5) is 14.0 Å². The lowest BCUT2D eigenvalue weighted by Crippen LogP contribution is -2.69. The highest BCUT2D eigenvalue weighted by Crippen LogP contribution is 2.70. The first-order chi connectivity index (χ1) is 33.6. The van der Waals surface area contributed by atoms with Crippen LogP contribution in [0.2, 0.25) is 0 Å². The standard InChI is InChI=1S/C47H77FN7O15P/c1-29(2)38(53-37(59)10-15-65-16-17-66-18-19-67-20-21-68-22-23-70-50)39(60)54-41(71-24-13-52-42(49)62)40(61)51-12-14-55(6)43(63)69-28-36(58)47(64)30(3)25-34-33-8-7-31-26-32(56)9-11-44(31,4)46(33,48)35(57)27-45(34,47)5/h9,11,26,29-30,33-35,38,41,57,64,71H,7-8,10,12-25,27-28,50H2,1-6H3,(H,51,61)(H,53,59)(H,54,60)(H3,49,52,62)/t30-,33?,34+,35+,38+,41+,44+,45+,46+,47+/m1/s1. The van der Waals surface area contributed by atoms with Crippen molar-refractivity contribution >= 4 is 50.0 Å². The molecule has 2 unspecified atom stereocenters. The van der Waals surface area contributed by atoms with Crippen LogP contribution in [-0.4, -0.2) is 185 Å². The third kappa shape index (κ3) is 14.5. The van der Waals surface area contributed by atoms with Crippen LogP contribution < -0.4 is 32.9 Å². The molecule has 71 heavy (non-hydrogen) atoms. The first kappa shape index (κ1) is 59.4. The Morgan fingerprint density at radius 3 is 2.14 bits per heavy atom. The van der Waals surface area contributed by atoms with E-state index in [1.54, 1.807) is 34.6 Å². The highest BCUT2D eigenvalue weighted by Gasteiger charge is 2.75. The molecule has 0 bridgehead atoms. The topological polar surface area (TPSA) is 319 Å². The van der Waals surface area contributed by atoms with E-state index in [9.17, 15) is 43.8 Å². The number of hydrogen-bond acceptors (Lipinski definition) is 16. The molecule has 0 saturated heterocycles. The summed E-state index contributed by atoms with van der Waals surface area (Å²) in [6, 6.07) is -1.78. The van der Waals surface area contributed by atoms with Crippen LogP contribution >= 0.6 is 8.58 Å². The fourth-order valence-electron chi connectivity index (χ4n) is 10.7. The smallest absolute Gasteiger partial charge is 0.409 e. The fraction of sp³-hybridized carbons (Fsp3) is 0.766. The maximum Gasteiger partial charge on any atom is 0.409 e. The van der Waals surface area contributed by atoms with Gasteiger partial charge in [-0.05, 0) is 68.7 Å². The van der Waals surface area contributed by atoms with Crippen molar-refractivity contribution in [3.8, 4) is 0 Å². The number of urea groups is 1. The molecule has 11 atom stereocenters. The van der Waals surface area contributed by atoms with Gasteiger partial charge in [0.1, 0.15) is 17.4 Å². The summed E-state index contributed by atoms with van der Waals surface area (Å²) in [6.07, 6.45) is 2.84. The van der Waals surface area contributed by atoms with Crippen molar-refractivity contribution in [3.63, 3.8) is 0 Å². The number of nitrogens with zero attached hydrogens (tertiary/aromatic N) is 1. The quantitative estimate of drug-likeness (QED) is 0.0274.